The van der Waals surface area contributed by atoms with Gasteiger partial charge < -0.3 is 15.5 Å². The van der Waals surface area contributed by atoms with Gasteiger partial charge in [-0.05, 0) is 50.5 Å². The second-order valence-electron chi connectivity index (χ2n) is 5.34. The maximum atomic E-state index is 12.5. The number of aliphatic hydroxyl groups is 1. The highest BCUT2D eigenvalue weighted by molar-refractivity contribution is 5.92. The molecule has 3 N–H and O–H groups in total. The van der Waals surface area contributed by atoms with Crippen LogP contribution < -0.4 is 5.32 Å². The zero-order valence-corrected chi connectivity index (χ0v) is 12.2. The summed E-state index contributed by atoms with van der Waals surface area (Å²) in [5, 5.41) is 21.4. The minimum Gasteiger partial charge on any atom is -0.507 e. The predicted octanol–water partition coefficient (Wildman–Crippen LogP) is 2.96. The van der Waals surface area contributed by atoms with Gasteiger partial charge in [-0.25, -0.2) is 0 Å². The molecule has 0 saturated carbocycles. The van der Waals surface area contributed by atoms with Gasteiger partial charge in [0.1, 0.15) is 5.75 Å². The molecule has 1 unspecified atom stereocenters. The molecule has 0 saturated heterocycles. The molecular weight excluding hydrogens is 287 g/mol. The molecule has 0 heterocycles. The Balaban J connectivity index is 2.96. The highest BCUT2D eigenvalue weighted by Crippen LogP contribution is 2.34. The molecule has 0 fully saturated rings. The Morgan fingerprint density at radius 2 is 1.76 bits per heavy atom. The number of rotatable bonds is 3. The number of halogens is 3. The molecule has 0 aromatic heterocycles. The van der Waals surface area contributed by atoms with Crippen LogP contribution in [0.5, 0.6) is 5.75 Å². The number of phenolic OH excluding ortho intramolecular Hbond substituents is 1. The lowest BCUT2D eigenvalue weighted by Crippen LogP contribution is -2.44. The Morgan fingerprint density at radius 1 is 1.24 bits per heavy atom. The van der Waals surface area contributed by atoms with Crippen molar-refractivity contribution in [1.82, 2.24) is 0 Å². The molecule has 1 amide bonds. The van der Waals surface area contributed by atoms with Crippen LogP contribution >= 0.6 is 0 Å². The molecular formula is C14H18F3NO3. The summed E-state index contributed by atoms with van der Waals surface area (Å²) in [6.45, 7) is 5.43. The van der Waals surface area contributed by atoms with Gasteiger partial charge >= 0.3 is 6.18 Å². The van der Waals surface area contributed by atoms with Crippen LogP contribution in [-0.4, -0.2) is 27.9 Å². The van der Waals surface area contributed by atoms with E-state index in [4.69, 9.17) is 0 Å². The Hall–Kier alpha value is -1.76. The number of anilines is 1. The second kappa shape index (κ2) is 5.55. The molecule has 0 radical (unpaired) electrons. The molecule has 1 atom stereocenters. The summed E-state index contributed by atoms with van der Waals surface area (Å²) in [5.74, 6) is -0.877. The van der Waals surface area contributed by atoms with Crippen molar-refractivity contribution in [3.8, 4) is 5.75 Å². The Bertz CT molecular complexity index is 566. The van der Waals surface area contributed by atoms with Crippen molar-refractivity contribution in [2.75, 3.05) is 5.32 Å². The van der Waals surface area contributed by atoms with Crippen LogP contribution in [0.2, 0.25) is 0 Å². The molecule has 4 nitrogen and oxygen atoms in total. The number of hydrogen-bond donors (Lipinski definition) is 3. The van der Waals surface area contributed by atoms with Crippen molar-refractivity contribution in [3.05, 3.63) is 22.8 Å². The van der Waals surface area contributed by atoms with Crippen molar-refractivity contribution in [3.63, 3.8) is 0 Å². The zero-order chi connectivity index (χ0) is 16.6. The van der Waals surface area contributed by atoms with Gasteiger partial charge in [0.2, 0.25) is 5.91 Å². The number of aryl methyl sites for hydroxylation is 1. The maximum absolute atomic E-state index is 12.5. The van der Waals surface area contributed by atoms with Gasteiger partial charge in [0.15, 0.2) is 5.60 Å². The number of benzene rings is 1. The molecule has 0 aliphatic heterocycles. The largest absolute Gasteiger partial charge is 0.507 e. The van der Waals surface area contributed by atoms with Crippen LogP contribution in [0, 0.1) is 20.8 Å². The lowest BCUT2D eigenvalue weighted by Gasteiger charge is -2.25. The first kappa shape index (κ1) is 17.3. The van der Waals surface area contributed by atoms with E-state index in [1.165, 1.54) is 6.07 Å². The van der Waals surface area contributed by atoms with Crippen molar-refractivity contribution < 1.29 is 28.2 Å². The SMILES string of the molecule is Cc1cc(NC(=O)CC(C)(O)C(F)(F)F)c(C)c(C)c1O. The van der Waals surface area contributed by atoms with E-state index in [9.17, 15) is 28.2 Å². The minimum absolute atomic E-state index is 0.0767. The molecule has 0 aliphatic rings. The number of nitrogens with one attached hydrogen (secondary N) is 1. The van der Waals surface area contributed by atoms with Crippen LogP contribution in [0.1, 0.15) is 30.0 Å². The van der Waals surface area contributed by atoms with Gasteiger partial charge in [-0.15, -0.1) is 0 Å². The first-order valence-electron chi connectivity index (χ1n) is 6.25. The van der Waals surface area contributed by atoms with Gasteiger partial charge in [-0.1, -0.05) is 0 Å². The average molecular weight is 305 g/mol. The quantitative estimate of drug-likeness (QED) is 0.752. The van der Waals surface area contributed by atoms with Gasteiger partial charge in [0.05, 0.1) is 6.42 Å². The number of alkyl halides is 3. The zero-order valence-electron chi connectivity index (χ0n) is 12.2. The minimum atomic E-state index is -4.89. The summed E-state index contributed by atoms with van der Waals surface area (Å²) in [6, 6.07) is 1.47. The molecule has 21 heavy (non-hydrogen) atoms. The van der Waals surface area contributed by atoms with E-state index in [1.54, 1.807) is 20.8 Å². The summed E-state index contributed by atoms with van der Waals surface area (Å²) in [6.07, 6.45) is -5.99. The fourth-order valence-corrected chi connectivity index (χ4v) is 1.81. The Kier molecular flexibility index (Phi) is 4.57. The first-order valence-corrected chi connectivity index (χ1v) is 6.25. The highest BCUT2D eigenvalue weighted by atomic mass is 19.4. The summed E-state index contributed by atoms with van der Waals surface area (Å²) in [7, 11) is 0. The fourth-order valence-electron chi connectivity index (χ4n) is 1.81. The van der Waals surface area contributed by atoms with E-state index in [-0.39, 0.29) is 5.75 Å². The Morgan fingerprint density at radius 3 is 2.24 bits per heavy atom. The molecule has 7 heteroatoms. The first-order chi connectivity index (χ1) is 9.36. The molecule has 0 bridgehead atoms. The summed E-state index contributed by atoms with van der Waals surface area (Å²) < 4.78 is 37.6. The summed E-state index contributed by atoms with van der Waals surface area (Å²) >= 11 is 0. The summed E-state index contributed by atoms with van der Waals surface area (Å²) in [4.78, 5) is 11.7. The van der Waals surface area contributed by atoms with Crippen molar-refractivity contribution in [2.24, 2.45) is 0 Å². The van der Waals surface area contributed by atoms with E-state index in [2.05, 4.69) is 5.32 Å². The maximum Gasteiger partial charge on any atom is 0.417 e. The summed E-state index contributed by atoms with van der Waals surface area (Å²) in [5.41, 5.74) is -1.20. The number of amides is 1. The second-order valence-corrected chi connectivity index (χ2v) is 5.34. The number of hydrogen-bond acceptors (Lipinski definition) is 3. The van der Waals surface area contributed by atoms with Crippen LogP contribution in [0.4, 0.5) is 18.9 Å². The van der Waals surface area contributed by atoms with Gasteiger partial charge in [0, 0.05) is 5.69 Å². The van der Waals surface area contributed by atoms with Crippen LogP contribution in [-0.2, 0) is 4.79 Å². The van der Waals surface area contributed by atoms with Crippen molar-refractivity contribution >= 4 is 11.6 Å². The number of aromatic hydroxyl groups is 1. The van der Waals surface area contributed by atoms with Crippen molar-refractivity contribution in [2.45, 2.75) is 45.9 Å². The topological polar surface area (TPSA) is 69.6 Å². The number of carbonyl (C=O) groups excluding carboxylic acids is 1. The van der Waals surface area contributed by atoms with Gasteiger partial charge in [0.25, 0.3) is 0 Å². The molecule has 1 aromatic carbocycles. The fraction of sp³-hybridized carbons (Fsp3) is 0.500. The highest BCUT2D eigenvalue weighted by Gasteiger charge is 2.51. The lowest BCUT2D eigenvalue weighted by molar-refractivity contribution is -0.252. The molecule has 1 rings (SSSR count). The van der Waals surface area contributed by atoms with E-state index in [1.807, 2.05) is 0 Å². The molecule has 0 aliphatic carbocycles. The van der Waals surface area contributed by atoms with Crippen LogP contribution in [0.3, 0.4) is 0 Å². The van der Waals surface area contributed by atoms with Crippen molar-refractivity contribution in [1.29, 1.82) is 0 Å². The molecule has 0 spiro atoms. The lowest BCUT2D eigenvalue weighted by atomic mass is 10.00. The van der Waals surface area contributed by atoms with E-state index < -0.39 is 24.1 Å². The molecule has 1 aromatic rings. The standard InChI is InChI=1S/C14H18F3NO3/c1-7-5-10(8(2)9(3)12(7)20)18-11(19)6-13(4,21)14(15,16)17/h5,20-21H,6H2,1-4H3,(H,18,19). The van der Waals surface area contributed by atoms with E-state index >= 15 is 0 Å². The Labute approximate surface area is 120 Å². The van der Waals surface area contributed by atoms with Crippen LogP contribution in [0.25, 0.3) is 0 Å². The number of carbonyl (C=O) groups is 1. The smallest absolute Gasteiger partial charge is 0.417 e. The van der Waals surface area contributed by atoms with E-state index in [0.717, 1.165) is 0 Å². The third kappa shape index (κ3) is 3.66. The van der Waals surface area contributed by atoms with Crippen LogP contribution in [0.15, 0.2) is 6.07 Å². The monoisotopic (exact) mass is 305 g/mol. The normalized spacial score (nSPS) is 14.7. The van der Waals surface area contributed by atoms with Gasteiger partial charge in [-0.2, -0.15) is 13.2 Å². The third-order valence-corrected chi connectivity index (χ3v) is 3.45. The number of phenols is 1. The van der Waals surface area contributed by atoms with E-state index in [0.29, 0.717) is 29.3 Å². The molecule has 118 valence electrons. The predicted molar refractivity (Wildman–Crippen MR) is 72.2 cm³/mol. The average Bonchev–Trinajstić information content (AvgIpc) is 2.31. The van der Waals surface area contributed by atoms with Gasteiger partial charge in [-0.3, -0.25) is 4.79 Å². The third-order valence-electron chi connectivity index (χ3n) is 3.45.